The number of carbonyl (C=O) groups excluding carboxylic acids is 2. The molecule has 0 radical (unpaired) electrons. The summed E-state index contributed by atoms with van der Waals surface area (Å²) in [5, 5.41) is 0. The van der Waals surface area contributed by atoms with Crippen LogP contribution in [0.4, 0.5) is 0 Å². The van der Waals surface area contributed by atoms with Crippen molar-refractivity contribution in [2.75, 3.05) is 13.2 Å². The maximum atomic E-state index is 10.8. The summed E-state index contributed by atoms with van der Waals surface area (Å²) >= 11 is 0. The molecule has 0 aromatic heterocycles. The lowest BCUT2D eigenvalue weighted by atomic mass is 9.97. The second-order valence-electron chi connectivity index (χ2n) is 5.41. The van der Waals surface area contributed by atoms with Gasteiger partial charge in [0.1, 0.15) is 5.54 Å². The maximum Gasteiger partial charge on any atom is 0.325 e. The van der Waals surface area contributed by atoms with Crippen LogP contribution < -0.4 is 5.73 Å². The third-order valence-electron chi connectivity index (χ3n) is 1.69. The van der Waals surface area contributed by atoms with Gasteiger partial charge in [-0.05, 0) is 48.5 Å². The first-order valence-electron chi connectivity index (χ1n) is 6.10. The number of ether oxygens (including phenoxy) is 2. The van der Waals surface area contributed by atoms with Crippen molar-refractivity contribution >= 4 is 24.3 Å². The molecule has 0 bridgehead atoms. The summed E-state index contributed by atoms with van der Waals surface area (Å²) in [5.74, 6) is -0.491. The Balaban J connectivity index is -0.000000256. The predicted octanol–water partition coefficient (Wildman–Crippen LogP) is 2.30. The molecule has 116 valence electrons. The van der Waals surface area contributed by atoms with Crippen LogP contribution in [-0.4, -0.2) is 30.7 Å². The number of halogens is 1. The summed E-state index contributed by atoms with van der Waals surface area (Å²) in [6.45, 7) is 13.2. The van der Waals surface area contributed by atoms with Crippen LogP contribution in [0, 0.1) is 5.41 Å². The van der Waals surface area contributed by atoms with Gasteiger partial charge < -0.3 is 15.2 Å². The van der Waals surface area contributed by atoms with E-state index in [9.17, 15) is 9.59 Å². The number of esters is 2. The lowest BCUT2D eigenvalue weighted by Crippen LogP contribution is -2.42. The van der Waals surface area contributed by atoms with Crippen molar-refractivity contribution in [1.29, 1.82) is 0 Å². The van der Waals surface area contributed by atoms with E-state index in [0.29, 0.717) is 13.2 Å². The first-order chi connectivity index (χ1) is 7.96. The van der Waals surface area contributed by atoms with Crippen LogP contribution in [0.5, 0.6) is 0 Å². The number of hydrogen-bond donors (Lipinski definition) is 1. The fourth-order valence-electron chi connectivity index (χ4n) is 0.665. The fraction of sp³-hybridized carbons (Fsp3) is 0.846. The summed E-state index contributed by atoms with van der Waals surface area (Å²) in [4.78, 5) is 21.6. The Kier molecular flexibility index (Phi) is 12.3. The van der Waals surface area contributed by atoms with Crippen LogP contribution in [0.3, 0.4) is 0 Å². The lowest BCUT2D eigenvalue weighted by molar-refractivity contribution is -0.152. The number of carbonyl (C=O) groups is 2. The number of hydrogen-bond acceptors (Lipinski definition) is 5. The molecule has 0 fully saturated rings. The van der Waals surface area contributed by atoms with E-state index in [4.69, 9.17) is 10.5 Å². The summed E-state index contributed by atoms with van der Waals surface area (Å²) in [5.41, 5.74) is 4.19. The van der Waals surface area contributed by atoms with Crippen molar-refractivity contribution in [2.24, 2.45) is 11.1 Å². The molecular weight excluding hydrogens is 270 g/mol. The molecular formula is C13H28ClNO4. The zero-order chi connectivity index (χ0) is 15.0. The predicted molar refractivity (Wildman–Crippen MR) is 78.2 cm³/mol. The minimum Gasteiger partial charge on any atom is -0.466 e. The van der Waals surface area contributed by atoms with E-state index in [2.05, 4.69) is 4.74 Å². The molecule has 2 N–H and O–H groups in total. The highest BCUT2D eigenvalue weighted by Crippen LogP contribution is 2.14. The van der Waals surface area contributed by atoms with E-state index in [1.807, 2.05) is 27.7 Å². The number of rotatable bonds is 3. The van der Waals surface area contributed by atoms with Crippen molar-refractivity contribution < 1.29 is 19.1 Å². The van der Waals surface area contributed by atoms with E-state index >= 15 is 0 Å². The summed E-state index contributed by atoms with van der Waals surface area (Å²) in [6.07, 6.45) is 0. The summed E-state index contributed by atoms with van der Waals surface area (Å²) < 4.78 is 9.41. The zero-order valence-corrected chi connectivity index (χ0v) is 13.8. The highest BCUT2D eigenvalue weighted by molar-refractivity contribution is 5.85. The maximum absolute atomic E-state index is 10.8. The van der Waals surface area contributed by atoms with Crippen molar-refractivity contribution in [3.63, 3.8) is 0 Å². The fourth-order valence-corrected chi connectivity index (χ4v) is 0.665. The van der Waals surface area contributed by atoms with Gasteiger partial charge in [0.2, 0.25) is 0 Å². The molecule has 0 spiro atoms. The normalized spacial score (nSPS) is 10.5. The molecule has 0 aromatic carbocycles. The topological polar surface area (TPSA) is 78.6 Å². The van der Waals surface area contributed by atoms with Crippen LogP contribution >= 0.6 is 12.4 Å². The van der Waals surface area contributed by atoms with E-state index in [1.54, 1.807) is 20.8 Å². The highest BCUT2D eigenvalue weighted by Gasteiger charge is 2.22. The van der Waals surface area contributed by atoms with Crippen molar-refractivity contribution in [1.82, 2.24) is 0 Å². The molecule has 0 aliphatic carbocycles. The standard InChI is InChI=1S/C7H14O2.C6H13NO2.ClH/c1-5-9-6(8)7(2,3)4;1-4-9-5(8)6(2,3)7;/h5H2,1-4H3;4,7H2,1-3H3;1H. The SMILES string of the molecule is CCOC(=O)C(C)(C)C.CCOC(=O)C(C)(C)N.Cl. The van der Waals surface area contributed by atoms with Crippen molar-refractivity contribution in [3.8, 4) is 0 Å². The molecule has 0 aliphatic rings. The minimum atomic E-state index is -0.851. The van der Waals surface area contributed by atoms with Crippen molar-refractivity contribution in [2.45, 2.75) is 54.0 Å². The molecule has 0 aromatic rings. The van der Waals surface area contributed by atoms with Gasteiger partial charge in [-0.15, -0.1) is 12.4 Å². The molecule has 0 heterocycles. The van der Waals surface area contributed by atoms with Crippen LogP contribution in [0.25, 0.3) is 0 Å². The third-order valence-corrected chi connectivity index (χ3v) is 1.69. The Labute approximate surface area is 122 Å². The largest absolute Gasteiger partial charge is 0.466 e. The molecule has 0 aliphatic heterocycles. The average Bonchev–Trinajstić information content (AvgIpc) is 2.16. The lowest BCUT2D eigenvalue weighted by Gasteiger charge is -2.15. The molecule has 0 amide bonds. The Morgan fingerprint density at radius 3 is 1.32 bits per heavy atom. The van der Waals surface area contributed by atoms with Crippen LogP contribution in [0.1, 0.15) is 48.5 Å². The minimum absolute atomic E-state index is 0. The van der Waals surface area contributed by atoms with Gasteiger partial charge in [-0.3, -0.25) is 9.59 Å². The molecule has 19 heavy (non-hydrogen) atoms. The summed E-state index contributed by atoms with van der Waals surface area (Å²) in [7, 11) is 0. The second-order valence-corrected chi connectivity index (χ2v) is 5.41. The van der Waals surface area contributed by atoms with E-state index in [-0.39, 0.29) is 29.8 Å². The average molecular weight is 298 g/mol. The Hall–Kier alpha value is -0.810. The Bertz CT molecular complexity index is 239. The van der Waals surface area contributed by atoms with Gasteiger partial charge in [0.05, 0.1) is 18.6 Å². The van der Waals surface area contributed by atoms with Crippen LogP contribution in [0.2, 0.25) is 0 Å². The van der Waals surface area contributed by atoms with Crippen molar-refractivity contribution in [3.05, 3.63) is 0 Å². The van der Waals surface area contributed by atoms with Gasteiger partial charge in [-0.25, -0.2) is 0 Å². The molecule has 0 rings (SSSR count). The van der Waals surface area contributed by atoms with Gasteiger partial charge >= 0.3 is 11.9 Å². The van der Waals surface area contributed by atoms with E-state index in [0.717, 1.165) is 0 Å². The Morgan fingerprint density at radius 1 is 0.895 bits per heavy atom. The molecule has 6 heteroatoms. The molecule has 0 unspecified atom stereocenters. The van der Waals surface area contributed by atoms with E-state index < -0.39 is 5.54 Å². The molecule has 0 saturated carbocycles. The third kappa shape index (κ3) is 13.4. The van der Waals surface area contributed by atoms with Crippen LogP contribution in [0.15, 0.2) is 0 Å². The molecule has 0 saturated heterocycles. The first-order valence-corrected chi connectivity index (χ1v) is 6.10. The van der Waals surface area contributed by atoms with Gasteiger partial charge in [0, 0.05) is 0 Å². The first kappa shape index (κ1) is 23.3. The quantitative estimate of drug-likeness (QED) is 0.809. The molecule has 0 atom stereocenters. The van der Waals surface area contributed by atoms with Gasteiger partial charge in [-0.2, -0.15) is 0 Å². The molecule has 5 nitrogen and oxygen atoms in total. The number of nitrogens with two attached hydrogens (primary N) is 1. The monoisotopic (exact) mass is 297 g/mol. The van der Waals surface area contributed by atoms with Crippen LogP contribution in [-0.2, 0) is 19.1 Å². The van der Waals surface area contributed by atoms with Gasteiger partial charge in [-0.1, -0.05) is 0 Å². The summed E-state index contributed by atoms with van der Waals surface area (Å²) in [6, 6.07) is 0. The highest BCUT2D eigenvalue weighted by atomic mass is 35.5. The zero-order valence-electron chi connectivity index (χ0n) is 13.0. The van der Waals surface area contributed by atoms with Gasteiger partial charge in [0.15, 0.2) is 0 Å². The van der Waals surface area contributed by atoms with E-state index in [1.165, 1.54) is 0 Å². The Morgan fingerprint density at radius 2 is 1.21 bits per heavy atom. The smallest absolute Gasteiger partial charge is 0.325 e. The second kappa shape index (κ2) is 10.0. The van der Waals surface area contributed by atoms with Gasteiger partial charge in [0.25, 0.3) is 0 Å².